The predicted molar refractivity (Wildman–Crippen MR) is 150 cm³/mol. The van der Waals surface area contributed by atoms with Gasteiger partial charge in [0, 0.05) is 37.5 Å². The normalized spacial score (nSPS) is 10.1. The van der Waals surface area contributed by atoms with Gasteiger partial charge in [0.25, 0.3) is 0 Å². The van der Waals surface area contributed by atoms with Crippen LogP contribution in [0.15, 0.2) is 59.8 Å². The molecule has 0 radical (unpaired) electrons. The molecule has 0 atom stereocenters. The van der Waals surface area contributed by atoms with Crippen LogP contribution in [-0.4, -0.2) is 46.0 Å². The molecule has 3 rings (SSSR count). The average Bonchev–Trinajstić information content (AvgIpc) is 2.92. The topological polar surface area (TPSA) is 95.8 Å². The van der Waals surface area contributed by atoms with Crippen LogP contribution in [0.5, 0.6) is 11.6 Å². The summed E-state index contributed by atoms with van der Waals surface area (Å²) in [5.74, 6) is 1.99. The number of aromatic hydroxyl groups is 1. The van der Waals surface area contributed by atoms with Crippen molar-refractivity contribution in [2.45, 2.75) is 60.8 Å². The molecule has 2 aromatic heterocycles. The summed E-state index contributed by atoms with van der Waals surface area (Å²) >= 11 is 0. The molecule has 0 fully saturated rings. The molecule has 0 unspecified atom stereocenters. The number of phenols is 1. The van der Waals surface area contributed by atoms with E-state index < -0.39 is 0 Å². The molecule has 3 aromatic rings. The Kier molecular flexibility index (Phi) is 15.7. The van der Waals surface area contributed by atoms with Crippen LogP contribution in [0.3, 0.4) is 0 Å². The third-order valence-corrected chi connectivity index (χ3v) is 4.59. The number of benzene rings is 1. The maximum absolute atomic E-state index is 9.40. The molecule has 0 bridgehead atoms. The highest BCUT2D eigenvalue weighted by Crippen LogP contribution is 2.19. The Bertz CT molecular complexity index is 975. The van der Waals surface area contributed by atoms with Crippen molar-refractivity contribution in [3.63, 3.8) is 0 Å². The highest BCUT2D eigenvalue weighted by Gasteiger charge is 2.11. The minimum atomic E-state index is 0.204. The van der Waals surface area contributed by atoms with Gasteiger partial charge in [0.15, 0.2) is 5.82 Å². The Hall–Kier alpha value is -3.68. The number of nitrogens with zero attached hydrogens (tertiary/aromatic N) is 5. The van der Waals surface area contributed by atoms with Crippen LogP contribution >= 0.6 is 0 Å². The molecular weight excluding hydrogens is 452 g/mol. The molecule has 8 heteroatoms. The fourth-order valence-electron chi connectivity index (χ4n) is 3.11. The predicted octanol–water partition coefficient (Wildman–Crippen LogP) is 6.32. The molecule has 8 nitrogen and oxygen atoms in total. The minimum Gasteiger partial charge on any atom is -0.508 e. The summed E-state index contributed by atoms with van der Waals surface area (Å²) < 4.78 is 5.95. The van der Waals surface area contributed by atoms with E-state index in [1.54, 1.807) is 36.7 Å². The van der Waals surface area contributed by atoms with E-state index in [4.69, 9.17) is 4.74 Å². The molecule has 196 valence electrons. The Morgan fingerprint density at radius 1 is 0.972 bits per heavy atom. The van der Waals surface area contributed by atoms with Gasteiger partial charge in [0.2, 0.25) is 5.88 Å². The van der Waals surface area contributed by atoms with Gasteiger partial charge in [-0.3, -0.25) is 10.4 Å². The van der Waals surface area contributed by atoms with Crippen molar-refractivity contribution in [3.8, 4) is 11.6 Å². The largest absolute Gasteiger partial charge is 0.508 e. The lowest BCUT2D eigenvalue weighted by Crippen LogP contribution is -2.26. The number of pyridine rings is 1. The Morgan fingerprint density at radius 3 is 2.28 bits per heavy atom. The summed E-state index contributed by atoms with van der Waals surface area (Å²) in [6.07, 6.45) is 6.08. The van der Waals surface area contributed by atoms with E-state index in [0.29, 0.717) is 24.7 Å². The third-order valence-electron chi connectivity index (χ3n) is 4.59. The lowest BCUT2D eigenvalue weighted by molar-refractivity contribution is 0.307. The number of nitrogens with one attached hydrogen (secondary N) is 1. The van der Waals surface area contributed by atoms with Crippen molar-refractivity contribution in [3.05, 3.63) is 66.2 Å². The van der Waals surface area contributed by atoms with Crippen molar-refractivity contribution < 1.29 is 9.84 Å². The monoisotopic (exact) mass is 494 g/mol. The van der Waals surface area contributed by atoms with Crippen LogP contribution < -0.4 is 15.1 Å². The number of anilines is 2. The van der Waals surface area contributed by atoms with Crippen LogP contribution in [0.2, 0.25) is 0 Å². The van der Waals surface area contributed by atoms with Gasteiger partial charge >= 0.3 is 0 Å². The van der Waals surface area contributed by atoms with Crippen LogP contribution in [0.1, 0.15) is 65.9 Å². The second-order valence-electron chi connectivity index (χ2n) is 7.25. The van der Waals surface area contributed by atoms with E-state index in [9.17, 15) is 5.11 Å². The summed E-state index contributed by atoms with van der Waals surface area (Å²) in [4.78, 5) is 15.7. The number of phenolic OH excluding ortho intramolecular Hbond substituents is 1. The zero-order valence-electron chi connectivity index (χ0n) is 22.6. The number of hydrogen-bond donors (Lipinski definition) is 2. The standard InChI is InChI=1S/C24H30N6O2.2C2H6/c1-3-14-30(15-4-2)23-17-24(32-16-12-19-7-5-6-13-25-19)28-22(27-23)18-26-29-20-8-10-21(31)11-9-20;2*1-2/h5-11,13,17-18,29,31H,3-4,12,14-16H2,1-2H3;2*1-2H3/b26-18+;;. The smallest absolute Gasteiger partial charge is 0.219 e. The van der Waals surface area contributed by atoms with Gasteiger partial charge in [0.1, 0.15) is 11.6 Å². The zero-order chi connectivity index (χ0) is 26.6. The van der Waals surface area contributed by atoms with Gasteiger partial charge in [-0.1, -0.05) is 47.6 Å². The SMILES string of the molecule is CC.CC.CCCN(CCC)c1cc(OCCc2ccccn2)nc(/C=N/Nc2ccc(O)cc2)n1. The molecule has 1 aromatic carbocycles. The number of hydrogen-bond acceptors (Lipinski definition) is 8. The first-order chi connectivity index (χ1) is 17.7. The average molecular weight is 495 g/mol. The van der Waals surface area contributed by atoms with Crippen LogP contribution in [0.4, 0.5) is 11.5 Å². The highest BCUT2D eigenvalue weighted by atomic mass is 16.5. The van der Waals surface area contributed by atoms with Crippen molar-refractivity contribution in [2.24, 2.45) is 5.10 Å². The summed E-state index contributed by atoms with van der Waals surface area (Å²) in [5, 5.41) is 13.6. The van der Waals surface area contributed by atoms with Crippen molar-refractivity contribution in [2.75, 3.05) is 30.0 Å². The van der Waals surface area contributed by atoms with Gasteiger partial charge in [0.05, 0.1) is 18.5 Å². The second kappa shape index (κ2) is 18.6. The van der Waals surface area contributed by atoms with E-state index >= 15 is 0 Å². The first-order valence-electron chi connectivity index (χ1n) is 12.9. The van der Waals surface area contributed by atoms with Gasteiger partial charge in [-0.25, -0.2) is 4.98 Å². The van der Waals surface area contributed by atoms with Gasteiger partial charge in [-0.05, 0) is 49.2 Å². The van der Waals surface area contributed by atoms with Gasteiger partial charge < -0.3 is 14.7 Å². The van der Waals surface area contributed by atoms with E-state index in [1.807, 2.05) is 52.0 Å². The Balaban J connectivity index is 0.00000154. The molecule has 0 aliphatic heterocycles. The Labute approximate surface area is 216 Å². The molecule has 0 saturated heterocycles. The molecule has 0 spiro atoms. The zero-order valence-corrected chi connectivity index (χ0v) is 22.6. The lowest BCUT2D eigenvalue weighted by Gasteiger charge is -2.23. The number of ether oxygens (including phenoxy) is 1. The molecule has 0 aliphatic carbocycles. The molecule has 0 aliphatic rings. The fourth-order valence-corrected chi connectivity index (χ4v) is 3.11. The van der Waals surface area contributed by atoms with E-state index in [0.717, 1.165) is 43.1 Å². The molecule has 36 heavy (non-hydrogen) atoms. The van der Waals surface area contributed by atoms with Crippen molar-refractivity contribution in [1.82, 2.24) is 15.0 Å². The lowest BCUT2D eigenvalue weighted by atomic mass is 10.3. The number of aromatic nitrogens is 3. The maximum Gasteiger partial charge on any atom is 0.219 e. The van der Waals surface area contributed by atoms with Gasteiger partial charge in [-0.15, -0.1) is 0 Å². The summed E-state index contributed by atoms with van der Waals surface area (Å²) in [6, 6.07) is 14.4. The van der Waals surface area contributed by atoms with Gasteiger partial charge in [-0.2, -0.15) is 10.1 Å². The summed E-state index contributed by atoms with van der Waals surface area (Å²) in [5.41, 5.74) is 4.64. The molecule has 2 heterocycles. The van der Waals surface area contributed by atoms with E-state index in [2.05, 4.69) is 44.2 Å². The van der Waals surface area contributed by atoms with E-state index in [1.165, 1.54) is 0 Å². The first-order valence-corrected chi connectivity index (χ1v) is 12.9. The molecule has 2 N–H and O–H groups in total. The quantitative estimate of drug-likeness (QED) is 0.173. The maximum atomic E-state index is 9.40. The molecule has 0 saturated carbocycles. The Morgan fingerprint density at radius 2 is 1.67 bits per heavy atom. The van der Waals surface area contributed by atoms with Crippen LogP contribution in [-0.2, 0) is 6.42 Å². The number of hydrazone groups is 1. The first kappa shape index (κ1) is 30.4. The van der Waals surface area contributed by atoms with Crippen LogP contribution in [0, 0.1) is 0 Å². The number of rotatable bonds is 12. The third kappa shape index (κ3) is 11.2. The minimum absolute atomic E-state index is 0.204. The van der Waals surface area contributed by atoms with E-state index in [-0.39, 0.29) is 5.75 Å². The summed E-state index contributed by atoms with van der Waals surface area (Å²) in [6.45, 7) is 14.6. The van der Waals surface area contributed by atoms with Crippen LogP contribution in [0.25, 0.3) is 0 Å². The molecule has 0 amide bonds. The highest BCUT2D eigenvalue weighted by molar-refractivity contribution is 5.76. The summed E-state index contributed by atoms with van der Waals surface area (Å²) in [7, 11) is 0. The van der Waals surface area contributed by atoms with Crippen molar-refractivity contribution >= 4 is 17.7 Å². The van der Waals surface area contributed by atoms with Crippen molar-refractivity contribution in [1.29, 1.82) is 0 Å². The molecular formula is C28H42N6O2. The fraction of sp³-hybridized carbons (Fsp3) is 0.429. The second-order valence-corrected chi connectivity index (χ2v) is 7.25.